The highest BCUT2D eigenvalue weighted by molar-refractivity contribution is 5.53. The number of rotatable bonds is 5. The van der Waals surface area contributed by atoms with Crippen molar-refractivity contribution >= 4 is 0 Å². The molecule has 1 aliphatic heterocycles. The Kier molecular flexibility index (Phi) is 4.81. The summed E-state index contributed by atoms with van der Waals surface area (Å²) in [6, 6.07) is 10.3. The summed E-state index contributed by atoms with van der Waals surface area (Å²) in [5.41, 5.74) is 4.15. The molecule has 0 amide bonds. The van der Waals surface area contributed by atoms with Gasteiger partial charge in [-0.2, -0.15) is 0 Å². The van der Waals surface area contributed by atoms with Crippen molar-refractivity contribution in [1.82, 2.24) is 9.88 Å². The number of benzene rings is 2. The quantitative estimate of drug-likeness (QED) is 0.680. The van der Waals surface area contributed by atoms with Gasteiger partial charge in [-0.15, -0.1) is 0 Å². The average molecular weight is 368 g/mol. The fourth-order valence-electron chi connectivity index (χ4n) is 3.41. The smallest absolute Gasteiger partial charge is 0.226 e. The van der Waals surface area contributed by atoms with Gasteiger partial charge in [0.2, 0.25) is 5.89 Å². The van der Waals surface area contributed by atoms with Gasteiger partial charge in [-0.25, -0.2) is 9.37 Å². The number of halogens is 1. The van der Waals surface area contributed by atoms with Gasteiger partial charge in [-0.3, -0.25) is 4.90 Å². The van der Waals surface area contributed by atoms with Crippen molar-refractivity contribution in [3.8, 4) is 23.0 Å². The zero-order valence-corrected chi connectivity index (χ0v) is 15.4. The van der Waals surface area contributed by atoms with Crippen LogP contribution in [0.3, 0.4) is 0 Å². The van der Waals surface area contributed by atoms with Crippen LogP contribution in [0, 0.1) is 5.82 Å². The molecule has 5 nitrogen and oxygen atoms in total. The third-order valence-electron chi connectivity index (χ3n) is 4.83. The molecule has 0 unspecified atom stereocenters. The molecule has 0 saturated heterocycles. The number of hydrogen-bond acceptors (Lipinski definition) is 5. The minimum absolute atomic E-state index is 0.274. The van der Waals surface area contributed by atoms with Crippen molar-refractivity contribution in [2.75, 3.05) is 20.8 Å². The van der Waals surface area contributed by atoms with Gasteiger partial charge >= 0.3 is 0 Å². The molecular formula is C21H21FN2O3. The van der Waals surface area contributed by atoms with E-state index >= 15 is 0 Å². The van der Waals surface area contributed by atoms with E-state index in [1.165, 1.54) is 23.3 Å². The van der Waals surface area contributed by atoms with Crippen molar-refractivity contribution < 1.29 is 18.3 Å². The number of fused-ring (bicyclic) bond motifs is 1. The van der Waals surface area contributed by atoms with Gasteiger partial charge in [0.25, 0.3) is 0 Å². The zero-order valence-electron chi connectivity index (χ0n) is 15.4. The predicted octanol–water partition coefficient (Wildman–Crippen LogP) is 4.06. The Bertz CT molecular complexity index is 937. The topological polar surface area (TPSA) is 47.7 Å². The standard InChI is InChI=1S/C21H21FN2O3/c1-25-19-9-15-7-8-24(11-16(15)10-20(19)26-2)12-18-13-27-21(23-18)14-3-5-17(22)6-4-14/h3-6,9-10,13H,7-8,11-12H2,1-2H3. The van der Waals surface area contributed by atoms with Gasteiger partial charge < -0.3 is 13.9 Å². The molecule has 3 aromatic rings. The van der Waals surface area contributed by atoms with Crippen molar-refractivity contribution in [2.45, 2.75) is 19.5 Å². The van der Waals surface area contributed by atoms with Gasteiger partial charge in [0.1, 0.15) is 12.1 Å². The van der Waals surface area contributed by atoms with Crippen LogP contribution >= 0.6 is 0 Å². The molecule has 0 aliphatic carbocycles. The molecule has 4 rings (SSSR count). The summed E-state index contributed by atoms with van der Waals surface area (Å²) >= 11 is 0. The van der Waals surface area contributed by atoms with Gasteiger partial charge in [-0.1, -0.05) is 0 Å². The summed E-state index contributed by atoms with van der Waals surface area (Å²) in [7, 11) is 3.31. The van der Waals surface area contributed by atoms with E-state index < -0.39 is 0 Å². The largest absolute Gasteiger partial charge is 0.493 e. The first-order valence-corrected chi connectivity index (χ1v) is 8.82. The minimum Gasteiger partial charge on any atom is -0.493 e. The number of oxazole rings is 1. The van der Waals surface area contributed by atoms with Gasteiger partial charge in [0.05, 0.1) is 19.9 Å². The molecule has 6 heteroatoms. The first-order chi connectivity index (χ1) is 13.2. The van der Waals surface area contributed by atoms with Crippen LogP contribution < -0.4 is 9.47 Å². The molecule has 0 atom stereocenters. The normalized spacial score (nSPS) is 14.0. The van der Waals surface area contributed by atoms with E-state index in [0.717, 1.165) is 42.3 Å². The Hall–Kier alpha value is -2.86. The Labute approximate surface area is 157 Å². The average Bonchev–Trinajstić information content (AvgIpc) is 3.15. The maximum Gasteiger partial charge on any atom is 0.226 e. The van der Waals surface area contributed by atoms with Crippen molar-refractivity contribution in [3.63, 3.8) is 0 Å². The maximum absolute atomic E-state index is 13.1. The van der Waals surface area contributed by atoms with Crippen molar-refractivity contribution in [2.24, 2.45) is 0 Å². The summed E-state index contributed by atoms with van der Waals surface area (Å²) in [6.07, 6.45) is 2.61. The first-order valence-electron chi connectivity index (χ1n) is 8.82. The Morgan fingerprint density at radius 3 is 2.48 bits per heavy atom. The van der Waals surface area contributed by atoms with E-state index in [4.69, 9.17) is 13.9 Å². The molecule has 2 heterocycles. The van der Waals surface area contributed by atoms with Crippen molar-refractivity contribution in [3.05, 3.63) is 65.3 Å². The molecular weight excluding hydrogens is 347 g/mol. The molecule has 0 saturated carbocycles. The second kappa shape index (κ2) is 7.40. The van der Waals surface area contributed by atoms with Crippen LogP contribution in [0.25, 0.3) is 11.5 Å². The highest BCUT2D eigenvalue weighted by atomic mass is 19.1. The number of nitrogens with zero attached hydrogens (tertiary/aromatic N) is 2. The number of methoxy groups -OCH3 is 2. The van der Waals surface area contributed by atoms with E-state index in [2.05, 4.69) is 16.0 Å². The van der Waals surface area contributed by atoms with E-state index in [1.807, 2.05) is 6.07 Å². The Balaban J connectivity index is 1.48. The predicted molar refractivity (Wildman–Crippen MR) is 99.3 cm³/mol. The minimum atomic E-state index is -0.274. The highest BCUT2D eigenvalue weighted by Gasteiger charge is 2.20. The van der Waals surface area contributed by atoms with E-state index in [1.54, 1.807) is 32.6 Å². The molecule has 1 aromatic heterocycles. The summed E-state index contributed by atoms with van der Waals surface area (Å²) in [5, 5.41) is 0. The third-order valence-corrected chi connectivity index (χ3v) is 4.83. The van der Waals surface area contributed by atoms with Crippen LogP contribution in [0.1, 0.15) is 16.8 Å². The lowest BCUT2D eigenvalue weighted by molar-refractivity contribution is 0.241. The summed E-state index contributed by atoms with van der Waals surface area (Å²) < 4.78 is 29.4. The van der Waals surface area contributed by atoms with Gasteiger partial charge in [-0.05, 0) is 53.9 Å². The number of aromatic nitrogens is 1. The van der Waals surface area contributed by atoms with Crippen LogP contribution in [-0.4, -0.2) is 30.6 Å². The Morgan fingerprint density at radius 1 is 1.07 bits per heavy atom. The third kappa shape index (κ3) is 3.66. The molecule has 0 N–H and O–H groups in total. The lowest BCUT2D eigenvalue weighted by Gasteiger charge is -2.28. The van der Waals surface area contributed by atoms with E-state index in [9.17, 15) is 4.39 Å². The molecule has 0 fully saturated rings. The number of ether oxygens (including phenoxy) is 2. The molecule has 0 spiro atoms. The monoisotopic (exact) mass is 368 g/mol. The fraction of sp³-hybridized carbons (Fsp3) is 0.286. The summed E-state index contributed by atoms with van der Waals surface area (Å²) in [5.74, 6) is 1.75. The van der Waals surface area contributed by atoms with Gasteiger partial charge in [0.15, 0.2) is 11.5 Å². The molecule has 2 aromatic carbocycles. The Morgan fingerprint density at radius 2 is 1.78 bits per heavy atom. The molecule has 0 radical (unpaired) electrons. The fourth-order valence-corrected chi connectivity index (χ4v) is 3.41. The van der Waals surface area contributed by atoms with Crippen LogP contribution in [0.2, 0.25) is 0 Å². The second-order valence-corrected chi connectivity index (χ2v) is 6.59. The molecule has 140 valence electrons. The van der Waals surface area contributed by atoms with E-state index in [-0.39, 0.29) is 5.82 Å². The highest BCUT2D eigenvalue weighted by Crippen LogP contribution is 2.33. The van der Waals surface area contributed by atoms with E-state index in [0.29, 0.717) is 12.4 Å². The van der Waals surface area contributed by atoms with Crippen LogP contribution in [-0.2, 0) is 19.5 Å². The van der Waals surface area contributed by atoms with Crippen LogP contribution in [0.15, 0.2) is 47.1 Å². The number of hydrogen-bond donors (Lipinski definition) is 0. The second-order valence-electron chi connectivity index (χ2n) is 6.59. The molecule has 0 bridgehead atoms. The molecule has 1 aliphatic rings. The lowest BCUT2D eigenvalue weighted by atomic mass is 9.98. The maximum atomic E-state index is 13.1. The zero-order chi connectivity index (χ0) is 18.8. The van der Waals surface area contributed by atoms with Crippen LogP contribution in [0.5, 0.6) is 11.5 Å². The molecule has 27 heavy (non-hydrogen) atoms. The summed E-state index contributed by atoms with van der Waals surface area (Å²) in [6.45, 7) is 2.44. The summed E-state index contributed by atoms with van der Waals surface area (Å²) in [4.78, 5) is 6.87. The SMILES string of the molecule is COc1cc2c(cc1OC)CN(Cc1coc(-c3ccc(F)cc3)n1)CC2. The van der Waals surface area contributed by atoms with Gasteiger partial charge in [0, 0.05) is 25.2 Å². The van der Waals surface area contributed by atoms with Crippen molar-refractivity contribution in [1.29, 1.82) is 0 Å². The lowest BCUT2D eigenvalue weighted by Crippen LogP contribution is -2.30. The first kappa shape index (κ1) is 17.5. The van der Waals surface area contributed by atoms with Crippen LogP contribution in [0.4, 0.5) is 4.39 Å².